The lowest BCUT2D eigenvalue weighted by atomic mass is 10.1. The smallest absolute Gasteiger partial charge is 0.185 e. The molecular weight excluding hydrogens is 262 g/mol. The maximum atomic E-state index is 5.64. The van der Waals surface area contributed by atoms with Crippen molar-refractivity contribution in [1.82, 2.24) is 10.3 Å². The summed E-state index contributed by atoms with van der Waals surface area (Å²) in [6.07, 6.45) is 1.34. The fourth-order valence-electron chi connectivity index (χ4n) is 2.44. The van der Waals surface area contributed by atoms with Gasteiger partial charge in [-0.25, -0.2) is 4.98 Å². The first kappa shape index (κ1) is 14.7. The molecule has 1 N–H and O–H groups in total. The van der Waals surface area contributed by atoms with Crippen LogP contribution in [0.25, 0.3) is 0 Å². The molecular formula is C13H23N3O2S. The first-order valence-electron chi connectivity index (χ1n) is 6.64. The Morgan fingerprint density at radius 1 is 1.58 bits per heavy atom. The summed E-state index contributed by atoms with van der Waals surface area (Å²) >= 11 is 1.74. The van der Waals surface area contributed by atoms with E-state index in [9.17, 15) is 0 Å². The number of hydrogen-bond donors (Lipinski definition) is 1. The second-order valence-corrected chi connectivity index (χ2v) is 5.93. The van der Waals surface area contributed by atoms with E-state index in [0.29, 0.717) is 12.6 Å². The summed E-state index contributed by atoms with van der Waals surface area (Å²) in [5.74, 6) is 0. The van der Waals surface area contributed by atoms with Crippen LogP contribution in [0.15, 0.2) is 0 Å². The molecule has 0 aromatic carbocycles. The largest absolute Gasteiger partial charge is 0.378 e. The van der Waals surface area contributed by atoms with Crippen molar-refractivity contribution in [1.29, 1.82) is 0 Å². The van der Waals surface area contributed by atoms with Gasteiger partial charge < -0.3 is 19.7 Å². The Morgan fingerprint density at radius 2 is 2.37 bits per heavy atom. The lowest BCUT2D eigenvalue weighted by Gasteiger charge is -2.26. The van der Waals surface area contributed by atoms with Gasteiger partial charge in [-0.15, -0.1) is 11.3 Å². The molecule has 0 bridgehead atoms. The van der Waals surface area contributed by atoms with Crippen molar-refractivity contribution in [2.24, 2.45) is 0 Å². The van der Waals surface area contributed by atoms with Crippen molar-refractivity contribution in [3.63, 3.8) is 0 Å². The van der Waals surface area contributed by atoms with Crippen LogP contribution in [-0.4, -0.2) is 44.9 Å². The van der Waals surface area contributed by atoms with Crippen LogP contribution in [0.5, 0.6) is 0 Å². The standard InChI is InChI=1S/C13H23N3O2S/c1-9-11(5-6-18-9)16(3)13-15-10(8-17-4)12(19-13)7-14-2/h9,11,14H,5-8H2,1-4H3. The predicted molar refractivity (Wildman–Crippen MR) is 77.8 cm³/mol. The fraction of sp³-hybridized carbons (Fsp3) is 0.769. The number of aromatic nitrogens is 1. The van der Waals surface area contributed by atoms with Crippen LogP contribution >= 0.6 is 11.3 Å². The molecule has 108 valence electrons. The van der Waals surface area contributed by atoms with Crippen molar-refractivity contribution in [3.8, 4) is 0 Å². The molecule has 2 unspecified atom stereocenters. The molecule has 1 aliphatic heterocycles. The number of nitrogens with zero attached hydrogens (tertiary/aromatic N) is 2. The molecule has 2 heterocycles. The van der Waals surface area contributed by atoms with Gasteiger partial charge >= 0.3 is 0 Å². The molecule has 1 aliphatic rings. The van der Waals surface area contributed by atoms with Crippen LogP contribution in [0.2, 0.25) is 0 Å². The van der Waals surface area contributed by atoms with E-state index in [0.717, 1.165) is 30.4 Å². The Morgan fingerprint density at radius 3 is 2.95 bits per heavy atom. The molecule has 0 saturated carbocycles. The van der Waals surface area contributed by atoms with E-state index in [1.807, 2.05) is 7.05 Å². The number of likely N-dealkylation sites (N-methyl/N-ethyl adjacent to an activating group) is 1. The third-order valence-corrected chi connectivity index (χ3v) is 4.71. The molecule has 5 nitrogen and oxygen atoms in total. The summed E-state index contributed by atoms with van der Waals surface area (Å²) < 4.78 is 10.9. The van der Waals surface area contributed by atoms with Gasteiger partial charge in [0.1, 0.15) is 0 Å². The molecule has 1 fully saturated rings. The maximum absolute atomic E-state index is 5.64. The molecule has 6 heteroatoms. The van der Waals surface area contributed by atoms with E-state index in [2.05, 4.69) is 24.2 Å². The van der Waals surface area contributed by atoms with Crippen LogP contribution in [0.3, 0.4) is 0 Å². The molecule has 1 saturated heterocycles. The average Bonchev–Trinajstić information content (AvgIpc) is 2.97. The molecule has 0 amide bonds. The van der Waals surface area contributed by atoms with Crippen molar-refractivity contribution in [2.45, 2.75) is 38.6 Å². The monoisotopic (exact) mass is 285 g/mol. The Labute approximate surface area is 118 Å². The molecule has 0 aliphatic carbocycles. The van der Waals surface area contributed by atoms with E-state index >= 15 is 0 Å². The number of nitrogens with one attached hydrogen (secondary N) is 1. The highest BCUT2D eigenvalue weighted by atomic mass is 32.1. The van der Waals surface area contributed by atoms with Crippen molar-refractivity contribution in [2.75, 3.05) is 32.7 Å². The third kappa shape index (κ3) is 3.25. The molecule has 2 rings (SSSR count). The minimum Gasteiger partial charge on any atom is -0.378 e. The normalized spacial score (nSPS) is 22.9. The molecule has 1 aromatic heterocycles. The average molecular weight is 285 g/mol. The van der Waals surface area contributed by atoms with E-state index in [1.54, 1.807) is 18.4 Å². The highest BCUT2D eigenvalue weighted by molar-refractivity contribution is 7.15. The second-order valence-electron chi connectivity index (χ2n) is 4.87. The Balaban J connectivity index is 2.16. The van der Waals surface area contributed by atoms with Crippen molar-refractivity contribution < 1.29 is 9.47 Å². The molecule has 2 atom stereocenters. The van der Waals surface area contributed by atoms with Gasteiger partial charge in [-0.1, -0.05) is 0 Å². The molecule has 19 heavy (non-hydrogen) atoms. The first-order valence-corrected chi connectivity index (χ1v) is 7.45. The zero-order valence-electron chi connectivity index (χ0n) is 12.1. The van der Waals surface area contributed by atoms with Gasteiger partial charge in [0.25, 0.3) is 0 Å². The summed E-state index contributed by atoms with van der Waals surface area (Å²) in [5.41, 5.74) is 1.04. The molecule has 0 radical (unpaired) electrons. The van der Waals surface area contributed by atoms with Crippen LogP contribution in [-0.2, 0) is 22.6 Å². The van der Waals surface area contributed by atoms with E-state index < -0.39 is 0 Å². The maximum Gasteiger partial charge on any atom is 0.185 e. The number of hydrogen-bond acceptors (Lipinski definition) is 6. The van der Waals surface area contributed by atoms with Crippen LogP contribution in [0, 0.1) is 0 Å². The molecule has 1 aromatic rings. The van der Waals surface area contributed by atoms with Crippen molar-refractivity contribution >= 4 is 16.5 Å². The van der Waals surface area contributed by atoms with Gasteiger partial charge in [0.2, 0.25) is 0 Å². The second kappa shape index (κ2) is 6.65. The number of anilines is 1. The van der Waals surface area contributed by atoms with Gasteiger partial charge in [0.05, 0.1) is 24.4 Å². The Kier molecular flexibility index (Phi) is 5.15. The highest BCUT2D eigenvalue weighted by Crippen LogP contribution is 2.30. The number of methoxy groups -OCH3 is 1. The first-order chi connectivity index (χ1) is 9.17. The zero-order valence-corrected chi connectivity index (χ0v) is 12.9. The lowest BCUT2D eigenvalue weighted by molar-refractivity contribution is 0.118. The fourth-order valence-corrected chi connectivity index (χ4v) is 3.53. The van der Waals surface area contributed by atoms with E-state index in [4.69, 9.17) is 14.5 Å². The molecule has 0 spiro atoms. The number of thiazole rings is 1. The van der Waals surface area contributed by atoms with Gasteiger partial charge in [-0.2, -0.15) is 0 Å². The number of ether oxygens (including phenoxy) is 2. The van der Waals surface area contributed by atoms with Crippen molar-refractivity contribution in [3.05, 3.63) is 10.6 Å². The van der Waals surface area contributed by atoms with Crippen LogP contribution in [0.1, 0.15) is 23.9 Å². The summed E-state index contributed by atoms with van der Waals surface area (Å²) in [5, 5.41) is 4.24. The van der Waals surface area contributed by atoms with Gasteiger partial charge in [0.15, 0.2) is 5.13 Å². The zero-order chi connectivity index (χ0) is 13.8. The summed E-state index contributed by atoms with van der Waals surface area (Å²) in [4.78, 5) is 8.22. The summed E-state index contributed by atoms with van der Waals surface area (Å²) in [6, 6.07) is 0.420. The van der Waals surface area contributed by atoms with Gasteiger partial charge in [-0.3, -0.25) is 0 Å². The van der Waals surface area contributed by atoms with E-state index in [1.165, 1.54) is 4.88 Å². The number of rotatable bonds is 6. The van der Waals surface area contributed by atoms with Gasteiger partial charge in [0, 0.05) is 32.2 Å². The Bertz CT molecular complexity index is 387. The predicted octanol–water partition coefficient (Wildman–Crippen LogP) is 1.62. The van der Waals surface area contributed by atoms with Crippen LogP contribution < -0.4 is 10.2 Å². The van der Waals surface area contributed by atoms with Crippen LogP contribution in [0.4, 0.5) is 5.13 Å². The minimum atomic E-state index is 0.271. The topological polar surface area (TPSA) is 46.6 Å². The summed E-state index contributed by atoms with van der Waals surface area (Å²) in [7, 11) is 5.76. The SMILES string of the molecule is CNCc1sc(N(C)C2CCOC2C)nc1COC. The lowest BCUT2D eigenvalue weighted by Crippen LogP contribution is -2.36. The quantitative estimate of drug-likeness (QED) is 0.860. The Hall–Kier alpha value is -0.690. The third-order valence-electron chi connectivity index (χ3n) is 3.52. The highest BCUT2D eigenvalue weighted by Gasteiger charge is 2.29. The van der Waals surface area contributed by atoms with E-state index in [-0.39, 0.29) is 6.10 Å². The van der Waals surface area contributed by atoms with Gasteiger partial charge in [-0.05, 0) is 20.4 Å². The summed E-state index contributed by atoms with van der Waals surface area (Å²) in [6.45, 7) is 4.38. The minimum absolute atomic E-state index is 0.271.